The fraction of sp³-hybridized carbons (Fsp3) is 0.417. The number of sulfone groups is 1. The van der Waals surface area contributed by atoms with Gasteiger partial charge in [-0.25, -0.2) is 8.42 Å². The van der Waals surface area contributed by atoms with Gasteiger partial charge in [0.25, 0.3) is 5.91 Å². The summed E-state index contributed by atoms with van der Waals surface area (Å²) in [5.41, 5.74) is 2.58. The van der Waals surface area contributed by atoms with Gasteiger partial charge < -0.3 is 19.7 Å². The average Bonchev–Trinajstić information content (AvgIpc) is 3.51. The van der Waals surface area contributed by atoms with Crippen molar-refractivity contribution in [1.29, 1.82) is 0 Å². The number of benzene rings is 2. The number of anilines is 1. The van der Waals surface area contributed by atoms with Crippen molar-refractivity contribution in [1.82, 2.24) is 9.80 Å². The Bertz CT molecular complexity index is 1290. The number of fused-ring (bicyclic) bond motifs is 2. The first-order valence-electron chi connectivity index (χ1n) is 11.6. The first kappa shape index (κ1) is 22.7. The summed E-state index contributed by atoms with van der Waals surface area (Å²) in [5, 5.41) is 3.97. The smallest absolute Gasteiger partial charge is 0.254 e. The molecule has 4 aliphatic rings. The monoisotopic (exact) mass is 514 g/mol. The zero-order chi connectivity index (χ0) is 24.0. The van der Waals surface area contributed by atoms with Crippen molar-refractivity contribution < 1.29 is 22.7 Å². The van der Waals surface area contributed by atoms with E-state index in [9.17, 15) is 13.2 Å². The van der Waals surface area contributed by atoms with Crippen LogP contribution in [0.3, 0.4) is 0 Å². The lowest BCUT2D eigenvalue weighted by atomic mass is 10.1. The van der Waals surface area contributed by atoms with Gasteiger partial charge >= 0.3 is 0 Å². The number of amidine groups is 1. The number of carbonyl (C=O) groups excluding carboxylic acids is 1. The van der Waals surface area contributed by atoms with E-state index in [4.69, 9.17) is 9.47 Å². The maximum Gasteiger partial charge on any atom is 0.254 e. The second-order valence-electron chi connectivity index (χ2n) is 9.20. The summed E-state index contributed by atoms with van der Waals surface area (Å²) in [6.45, 7) is 4.02. The van der Waals surface area contributed by atoms with Crippen LogP contribution in [0.4, 0.5) is 5.69 Å². The molecule has 0 radical (unpaired) electrons. The van der Waals surface area contributed by atoms with Gasteiger partial charge in [-0.1, -0.05) is 23.9 Å². The Morgan fingerprint density at radius 1 is 1.06 bits per heavy atom. The Labute approximate surface area is 208 Å². The molecule has 0 bridgehead atoms. The highest BCUT2D eigenvalue weighted by atomic mass is 32.2. The topological polar surface area (TPSA) is 101 Å². The van der Waals surface area contributed by atoms with Crippen LogP contribution in [0.25, 0.3) is 0 Å². The number of ether oxygens (including phenoxy) is 2. The van der Waals surface area contributed by atoms with E-state index in [1.54, 1.807) is 0 Å². The number of hydrogen-bond donors (Lipinski definition) is 1. The molecular weight excluding hydrogens is 488 g/mol. The van der Waals surface area contributed by atoms with Crippen LogP contribution in [0.1, 0.15) is 15.9 Å². The normalized spacial score (nSPS) is 24.8. The molecule has 0 saturated carbocycles. The summed E-state index contributed by atoms with van der Waals surface area (Å²) in [4.78, 5) is 21.9. The van der Waals surface area contributed by atoms with Gasteiger partial charge in [-0.15, -0.1) is 0 Å². The van der Waals surface area contributed by atoms with Crippen molar-refractivity contribution >= 4 is 38.4 Å². The Hall–Kier alpha value is -2.76. The Morgan fingerprint density at radius 3 is 2.71 bits per heavy atom. The van der Waals surface area contributed by atoms with Gasteiger partial charge in [-0.2, -0.15) is 0 Å². The van der Waals surface area contributed by atoms with Crippen molar-refractivity contribution in [2.75, 3.05) is 49.8 Å². The molecular formula is C24H26N4O5S2. The summed E-state index contributed by atoms with van der Waals surface area (Å²) in [7, 11) is -2.98. The van der Waals surface area contributed by atoms with Crippen LogP contribution in [0, 0.1) is 0 Å². The lowest BCUT2D eigenvalue weighted by molar-refractivity contribution is 0.0628. The standard InChI is InChI=1S/C24H26N4O5S2/c29-23(28-8-6-27(7-9-28)12-16-4-5-20-21(10-16)33-15-32-20)17-2-1-3-18(11-17)25-24-26-19-13-35(30,31)14-22(19)34-24/h1-5,10-11,19,22H,6-9,12-15H2,(H,25,26)/t19-,22+/m0/s1. The number of hydrogen-bond acceptors (Lipinski definition) is 9. The van der Waals surface area contributed by atoms with Crippen LogP contribution >= 0.6 is 11.8 Å². The minimum Gasteiger partial charge on any atom is -0.454 e. The predicted molar refractivity (Wildman–Crippen MR) is 135 cm³/mol. The van der Waals surface area contributed by atoms with Crippen molar-refractivity contribution in [3.8, 4) is 11.5 Å². The zero-order valence-electron chi connectivity index (χ0n) is 19.1. The predicted octanol–water partition coefficient (Wildman–Crippen LogP) is 2.05. The number of piperazine rings is 1. The molecule has 4 heterocycles. The summed E-state index contributed by atoms with van der Waals surface area (Å²) in [5.74, 6) is 1.89. The first-order valence-corrected chi connectivity index (χ1v) is 14.3. The lowest BCUT2D eigenvalue weighted by Gasteiger charge is -2.34. The Balaban J connectivity index is 1.04. The molecule has 2 aromatic carbocycles. The molecule has 1 amide bonds. The molecule has 0 aliphatic carbocycles. The molecule has 184 valence electrons. The molecule has 1 N–H and O–H groups in total. The molecule has 11 heteroatoms. The molecule has 2 atom stereocenters. The van der Waals surface area contributed by atoms with Gasteiger partial charge in [0, 0.05) is 49.2 Å². The number of aliphatic imine (C=N–C) groups is 1. The maximum atomic E-state index is 13.2. The van der Waals surface area contributed by atoms with E-state index >= 15 is 0 Å². The van der Waals surface area contributed by atoms with Crippen molar-refractivity contribution in [2.45, 2.75) is 17.8 Å². The first-order chi connectivity index (χ1) is 16.9. The highest BCUT2D eigenvalue weighted by Gasteiger charge is 2.42. The van der Waals surface area contributed by atoms with Crippen molar-refractivity contribution in [2.24, 2.45) is 4.99 Å². The summed E-state index contributed by atoms with van der Waals surface area (Å²) in [6, 6.07) is 13.3. The molecule has 2 saturated heterocycles. The van der Waals surface area contributed by atoms with E-state index in [1.165, 1.54) is 17.3 Å². The molecule has 0 aromatic heterocycles. The second-order valence-corrected chi connectivity index (χ2v) is 12.6. The number of nitrogens with zero attached hydrogens (tertiary/aromatic N) is 3. The minimum atomic E-state index is -2.98. The summed E-state index contributed by atoms with van der Waals surface area (Å²) < 4.78 is 34.4. The van der Waals surface area contributed by atoms with Gasteiger partial charge in [0.1, 0.15) is 0 Å². The summed E-state index contributed by atoms with van der Waals surface area (Å²) >= 11 is 1.47. The molecule has 4 aliphatic heterocycles. The largest absolute Gasteiger partial charge is 0.454 e. The van der Waals surface area contributed by atoms with E-state index in [-0.39, 0.29) is 35.5 Å². The van der Waals surface area contributed by atoms with E-state index in [0.29, 0.717) is 18.7 Å². The summed E-state index contributed by atoms with van der Waals surface area (Å²) in [6.07, 6.45) is 0. The SMILES string of the molecule is O=C(c1cccc(NC2=N[C@H]3CS(=O)(=O)C[C@H]3S2)c1)N1CCN(Cc2ccc3c(c2)OCO3)CC1. The number of nitrogens with one attached hydrogen (secondary N) is 1. The van der Waals surface area contributed by atoms with Crippen LogP contribution in [-0.4, -0.2) is 85.1 Å². The molecule has 9 nitrogen and oxygen atoms in total. The molecule has 6 rings (SSSR count). The van der Waals surface area contributed by atoms with E-state index in [0.717, 1.165) is 42.0 Å². The lowest BCUT2D eigenvalue weighted by Crippen LogP contribution is -2.48. The molecule has 35 heavy (non-hydrogen) atoms. The zero-order valence-corrected chi connectivity index (χ0v) is 20.7. The van der Waals surface area contributed by atoms with Crippen LogP contribution in [0.15, 0.2) is 47.5 Å². The fourth-order valence-corrected chi connectivity index (χ4v) is 8.53. The third-order valence-corrected chi connectivity index (χ3v) is 9.82. The minimum absolute atomic E-state index is 0.0127. The van der Waals surface area contributed by atoms with E-state index in [2.05, 4.69) is 21.3 Å². The average molecular weight is 515 g/mol. The Morgan fingerprint density at radius 2 is 1.89 bits per heavy atom. The third-order valence-electron chi connectivity index (χ3n) is 6.68. The number of thioether (sulfide) groups is 1. The molecule has 0 unspecified atom stereocenters. The van der Waals surface area contributed by atoms with Gasteiger partial charge in [0.05, 0.1) is 17.5 Å². The molecule has 2 aromatic rings. The van der Waals surface area contributed by atoms with Crippen LogP contribution in [-0.2, 0) is 16.4 Å². The van der Waals surface area contributed by atoms with Gasteiger partial charge in [0.2, 0.25) is 6.79 Å². The number of rotatable bonds is 4. The fourth-order valence-electron chi connectivity index (χ4n) is 4.86. The van der Waals surface area contributed by atoms with Gasteiger partial charge in [-0.3, -0.25) is 14.7 Å². The van der Waals surface area contributed by atoms with E-state index < -0.39 is 9.84 Å². The van der Waals surface area contributed by atoms with Gasteiger partial charge in [0.15, 0.2) is 26.5 Å². The van der Waals surface area contributed by atoms with Crippen LogP contribution < -0.4 is 14.8 Å². The van der Waals surface area contributed by atoms with Gasteiger partial charge in [-0.05, 0) is 35.9 Å². The quantitative estimate of drug-likeness (QED) is 0.662. The van der Waals surface area contributed by atoms with Crippen molar-refractivity contribution in [3.05, 3.63) is 53.6 Å². The highest BCUT2D eigenvalue weighted by Crippen LogP contribution is 2.35. The number of carbonyl (C=O) groups is 1. The van der Waals surface area contributed by atoms with E-state index in [1.807, 2.05) is 41.3 Å². The van der Waals surface area contributed by atoms with Crippen molar-refractivity contribution in [3.63, 3.8) is 0 Å². The number of amides is 1. The van der Waals surface area contributed by atoms with Crippen LogP contribution in [0.2, 0.25) is 0 Å². The van der Waals surface area contributed by atoms with Crippen LogP contribution in [0.5, 0.6) is 11.5 Å². The third kappa shape index (κ3) is 4.85. The molecule has 2 fully saturated rings. The highest BCUT2D eigenvalue weighted by molar-refractivity contribution is 8.15. The second kappa shape index (κ2) is 9.03. The Kier molecular flexibility index (Phi) is 5.85. The maximum absolute atomic E-state index is 13.2. The molecule has 0 spiro atoms.